The Labute approximate surface area is 222 Å². The third-order valence-electron chi connectivity index (χ3n) is 5.66. The number of ether oxygens (including phenoxy) is 3. The topological polar surface area (TPSA) is 106 Å². The lowest BCUT2D eigenvalue weighted by Crippen LogP contribution is -2.42. The Bertz CT molecular complexity index is 1190. The molecule has 3 aromatic rings. The van der Waals surface area contributed by atoms with Crippen molar-refractivity contribution in [3.05, 3.63) is 102 Å². The number of carbonyl (C=O) groups excluding carboxylic acids is 2. The van der Waals surface area contributed by atoms with Crippen molar-refractivity contribution in [1.29, 1.82) is 0 Å². The predicted octanol–water partition coefficient (Wildman–Crippen LogP) is 3.59. The molecule has 38 heavy (non-hydrogen) atoms. The third kappa shape index (κ3) is 9.71. The summed E-state index contributed by atoms with van der Waals surface area (Å²) in [4.78, 5) is 25.4. The van der Waals surface area contributed by atoms with Crippen LogP contribution in [-0.2, 0) is 20.7 Å². The first-order valence-corrected chi connectivity index (χ1v) is 12.2. The summed E-state index contributed by atoms with van der Waals surface area (Å²) < 4.78 is 16.0. The molecule has 0 aromatic heterocycles. The van der Waals surface area contributed by atoms with Gasteiger partial charge in [-0.3, -0.25) is 14.8 Å². The molecule has 3 N–H and O–H groups in total. The fourth-order valence-corrected chi connectivity index (χ4v) is 3.81. The zero-order valence-corrected chi connectivity index (χ0v) is 21.3. The Hall–Kier alpha value is -4.16. The number of rotatable bonds is 13. The molecule has 0 spiro atoms. The molecular formula is C30H32N2O6. The number of para-hydroxylation sites is 1. The van der Waals surface area contributed by atoms with Crippen molar-refractivity contribution in [3.8, 4) is 17.6 Å². The van der Waals surface area contributed by atoms with Crippen LogP contribution in [0, 0.1) is 17.8 Å². The Kier molecular flexibility index (Phi) is 11.8. The van der Waals surface area contributed by atoms with E-state index in [0.29, 0.717) is 12.0 Å². The van der Waals surface area contributed by atoms with Crippen LogP contribution in [-0.4, -0.2) is 50.2 Å². The standard InChI is InChI=1S/C30H32N2O6/c1-36-22-37-21-27(20-26(30(34)32-35)19-24-9-4-2-5-10-24)31-29(33)25-16-14-23(15-17-25)11-8-18-38-28-12-6-3-7-13-28/h2-7,9-10,12-17,26-27,35H,18-22H2,1H3,(H,31,33)(H,32,34)/t26-,27+/m0/s1. The van der Waals surface area contributed by atoms with Crippen molar-refractivity contribution in [3.63, 3.8) is 0 Å². The molecule has 0 aliphatic carbocycles. The van der Waals surface area contributed by atoms with Crippen LogP contribution in [0.25, 0.3) is 0 Å². The molecule has 8 nitrogen and oxygen atoms in total. The summed E-state index contributed by atoms with van der Waals surface area (Å²) in [5, 5.41) is 12.2. The van der Waals surface area contributed by atoms with E-state index in [1.807, 2.05) is 60.7 Å². The maximum Gasteiger partial charge on any atom is 0.251 e. The number of methoxy groups -OCH3 is 1. The number of hydroxylamine groups is 1. The molecule has 0 unspecified atom stereocenters. The van der Waals surface area contributed by atoms with Crippen LogP contribution in [0.4, 0.5) is 0 Å². The Balaban J connectivity index is 1.62. The van der Waals surface area contributed by atoms with Crippen LogP contribution in [0.2, 0.25) is 0 Å². The van der Waals surface area contributed by atoms with Crippen molar-refractivity contribution < 1.29 is 29.0 Å². The number of hydrogen-bond acceptors (Lipinski definition) is 6. The third-order valence-corrected chi connectivity index (χ3v) is 5.66. The molecule has 2 amide bonds. The molecular weight excluding hydrogens is 484 g/mol. The lowest BCUT2D eigenvalue weighted by molar-refractivity contribution is -0.134. The summed E-state index contributed by atoms with van der Waals surface area (Å²) >= 11 is 0. The fourth-order valence-electron chi connectivity index (χ4n) is 3.81. The molecule has 0 bridgehead atoms. The Morgan fingerprint density at radius 1 is 0.947 bits per heavy atom. The summed E-state index contributed by atoms with van der Waals surface area (Å²) in [6.45, 7) is 0.429. The smallest absolute Gasteiger partial charge is 0.251 e. The van der Waals surface area contributed by atoms with Crippen molar-refractivity contribution in [2.75, 3.05) is 27.1 Å². The molecule has 0 aliphatic heterocycles. The normalized spacial score (nSPS) is 11.9. The average Bonchev–Trinajstić information content (AvgIpc) is 2.96. The summed E-state index contributed by atoms with van der Waals surface area (Å²) in [6, 6.07) is 25.3. The summed E-state index contributed by atoms with van der Waals surface area (Å²) in [5.74, 6) is 5.29. The molecule has 0 radical (unpaired) electrons. The van der Waals surface area contributed by atoms with Gasteiger partial charge in [0.2, 0.25) is 5.91 Å². The predicted molar refractivity (Wildman–Crippen MR) is 143 cm³/mol. The fraction of sp³-hybridized carbons (Fsp3) is 0.267. The lowest BCUT2D eigenvalue weighted by atomic mass is 9.92. The highest BCUT2D eigenvalue weighted by atomic mass is 16.7. The first-order chi connectivity index (χ1) is 18.6. The van der Waals surface area contributed by atoms with Gasteiger partial charge in [-0.25, -0.2) is 5.48 Å². The average molecular weight is 517 g/mol. The van der Waals surface area contributed by atoms with Crippen LogP contribution in [0.15, 0.2) is 84.9 Å². The summed E-state index contributed by atoms with van der Waals surface area (Å²) in [5.41, 5.74) is 3.87. The number of carbonyl (C=O) groups is 2. The lowest BCUT2D eigenvalue weighted by Gasteiger charge is -2.23. The Morgan fingerprint density at radius 3 is 2.29 bits per heavy atom. The monoisotopic (exact) mass is 516 g/mol. The second-order valence-corrected chi connectivity index (χ2v) is 8.53. The zero-order valence-electron chi connectivity index (χ0n) is 21.3. The van der Waals surface area contributed by atoms with Gasteiger partial charge in [0.05, 0.1) is 12.6 Å². The van der Waals surface area contributed by atoms with E-state index in [1.54, 1.807) is 29.7 Å². The number of amides is 2. The summed E-state index contributed by atoms with van der Waals surface area (Å²) in [7, 11) is 1.50. The molecule has 0 aliphatic rings. The van der Waals surface area contributed by atoms with Gasteiger partial charge in [0.1, 0.15) is 19.1 Å². The van der Waals surface area contributed by atoms with Crippen molar-refractivity contribution in [2.45, 2.75) is 18.9 Å². The molecule has 0 saturated heterocycles. The van der Waals surface area contributed by atoms with E-state index in [1.165, 1.54) is 7.11 Å². The summed E-state index contributed by atoms with van der Waals surface area (Å²) in [6.07, 6.45) is 0.646. The molecule has 0 heterocycles. The minimum atomic E-state index is -0.588. The van der Waals surface area contributed by atoms with Crippen molar-refractivity contribution in [1.82, 2.24) is 10.8 Å². The van der Waals surface area contributed by atoms with Gasteiger partial charge >= 0.3 is 0 Å². The van der Waals surface area contributed by atoms with E-state index >= 15 is 0 Å². The molecule has 8 heteroatoms. The van der Waals surface area contributed by atoms with Gasteiger partial charge in [0.15, 0.2) is 0 Å². The van der Waals surface area contributed by atoms with Gasteiger partial charge in [0, 0.05) is 24.2 Å². The quantitative estimate of drug-likeness (QED) is 0.105. The first-order valence-electron chi connectivity index (χ1n) is 12.2. The maximum absolute atomic E-state index is 13.0. The van der Waals surface area contributed by atoms with E-state index in [4.69, 9.17) is 14.2 Å². The highest BCUT2D eigenvalue weighted by Gasteiger charge is 2.25. The van der Waals surface area contributed by atoms with Crippen LogP contribution in [0.3, 0.4) is 0 Å². The van der Waals surface area contributed by atoms with E-state index in [-0.39, 0.29) is 32.3 Å². The molecule has 3 aromatic carbocycles. The maximum atomic E-state index is 13.0. The number of hydrogen-bond donors (Lipinski definition) is 3. The number of benzene rings is 3. The SMILES string of the molecule is COCOC[C@@H](C[C@H](Cc1ccccc1)C(=O)NO)NC(=O)c1ccc(C#CCOc2ccccc2)cc1. The first kappa shape index (κ1) is 28.4. The highest BCUT2D eigenvalue weighted by Crippen LogP contribution is 2.16. The van der Waals surface area contributed by atoms with Gasteiger partial charge in [-0.2, -0.15) is 0 Å². The molecule has 3 rings (SSSR count). The van der Waals surface area contributed by atoms with Crippen LogP contribution >= 0.6 is 0 Å². The Morgan fingerprint density at radius 2 is 1.63 bits per heavy atom. The van der Waals surface area contributed by atoms with Crippen molar-refractivity contribution >= 4 is 11.8 Å². The second kappa shape index (κ2) is 15.8. The minimum absolute atomic E-state index is 0.0449. The van der Waals surface area contributed by atoms with Crippen molar-refractivity contribution in [2.24, 2.45) is 5.92 Å². The number of nitrogens with one attached hydrogen (secondary N) is 2. The van der Waals surface area contributed by atoms with E-state index in [2.05, 4.69) is 17.2 Å². The van der Waals surface area contributed by atoms with Crippen LogP contribution < -0.4 is 15.5 Å². The largest absolute Gasteiger partial charge is 0.481 e. The van der Waals surface area contributed by atoms with Gasteiger partial charge in [0.25, 0.3) is 5.91 Å². The second-order valence-electron chi connectivity index (χ2n) is 8.53. The van der Waals surface area contributed by atoms with Gasteiger partial charge in [-0.15, -0.1) is 0 Å². The van der Waals surface area contributed by atoms with E-state index in [9.17, 15) is 14.8 Å². The zero-order chi connectivity index (χ0) is 27.0. The molecule has 0 fully saturated rings. The molecule has 0 saturated carbocycles. The van der Waals surface area contributed by atoms with Gasteiger partial charge in [-0.1, -0.05) is 60.4 Å². The molecule has 198 valence electrons. The molecule has 2 atom stereocenters. The van der Waals surface area contributed by atoms with Crippen LogP contribution in [0.5, 0.6) is 5.75 Å². The van der Waals surface area contributed by atoms with Gasteiger partial charge in [-0.05, 0) is 54.8 Å². The van der Waals surface area contributed by atoms with Crippen LogP contribution in [0.1, 0.15) is 27.9 Å². The van der Waals surface area contributed by atoms with E-state index < -0.39 is 17.9 Å². The van der Waals surface area contributed by atoms with E-state index in [0.717, 1.165) is 16.9 Å². The van der Waals surface area contributed by atoms with Gasteiger partial charge < -0.3 is 19.5 Å². The highest BCUT2D eigenvalue weighted by molar-refractivity contribution is 5.94. The minimum Gasteiger partial charge on any atom is -0.481 e.